The van der Waals surface area contributed by atoms with Gasteiger partial charge in [0, 0.05) is 0 Å². The maximum absolute atomic E-state index is 10.3. The summed E-state index contributed by atoms with van der Waals surface area (Å²) < 4.78 is 0. The van der Waals surface area contributed by atoms with Crippen LogP contribution in [0.15, 0.2) is 0 Å². The van der Waals surface area contributed by atoms with Gasteiger partial charge in [-0.1, -0.05) is 27.7 Å². The monoisotopic (exact) mass is 253 g/mol. The molecule has 0 heterocycles. The highest BCUT2D eigenvalue weighted by Gasteiger charge is 2.37. The van der Waals surface area contributed by atoms with Gasteiger partial charge in [-0.15, -0.1) is 0 Å². The van der Waals surface area contributed by atoms with E-state index in [0.29, 0.717) is 11.8 Å². The molecule has 0 rings (SSSR count). The van der Waals surface area contributed by atoms with Crippen LogP contribution in [0.2, 0.25) is 0 Å². The first-order valence-electron chi connectivity index (χ1n) is 4.82. The summed E-state index contributed by atoms with van der Waals surface area (Å²) in [5.74, 6) is 0.653. The molecular formula is C10H24BrNO. The second kappa shape index (κ2) is 5.99. The van der Waals surface area contributed by atoms with Gasteiger partial charge in [0.1, 0.15) is 12.1 Å². The fraction of sp³-hybridized carbons (Fsp3) is 1.00. The van der Waals surface area contributed by atoms with Crippen LogP contribution < -0.4 is 21.9 Å². The van der Waals surface area contributed by atoms with Crippen LogP contribution >= 0.6 is 0 Å². The van der Waals surface area contributed by atoms with Gasteiger partial charge < -0.3 is 27.0 Å². The Labute approximate surface area is 93.1 Å². The summed E-state index contributed by atoms with van der Waals surface area (Å²) in [6.07, 6.45) is 0. The van der Waals surface area contributed by atoms with Gasteiger partial charge in [0.25, 0.3) is 0 Å². The minimum absolute atomic E-state index is 0. The number of likely N-dealkylation sites (N-methyl/N-ethyl adjacent to an activating group) is 1. The molecule has 0 bridgehead atoms. The molecule has 0 aliphatic heterocycles. The van der Waals surface area contributed by atoms with Crippen molar-refractivity contribution in [1.82, 2.24) is 0 Å². The van der Waals surface area contributed by atoms with E-state index in [0.717, 1.165) is 6.54 Å². The zero-order valence-corrected chi connectivity index (χ0v) is 11.3. The van der Waals surface area contributed by atoms with Crippen LogP contribution in [0.5, 0.6) is 0 Å². The molecule has 0 radical (unpaired) electrons. The Morgan fingerprint density at radius 3 is 1.46 bits per heavy atom. The van der Waals surface area contributed by atoms with E-state index in [9.17, 15) is 5.11 Å². The number of quaternary nitrogens is 1. The Bertz CT molecular complexity index is 127. The lowest BCUT2D eigenvalue weighted by molar-refractivity contribution is -0.867. The Kier molecular flexibility index (Phi) is 7.31. The Balaban J connectivity index is 0. The predicted molar refractivity (Wildman–Crippen MR) is 52.3 cm³/mol. The SMILES string of the molecule is CC(C)C(O)(C[NH+](C)C)C(C)C.[Br-]. The first kappa shape index (κ1) is 15.9. The molecule has 3 heteroatoms. The van der Waals surface area contributed by atoms with E-state index in [1.54, 1.807) is 0 Å². The summed E-state index contributed by atoms with van der Waals surface area (Å²) in [5, 5.41) is 10.3. The van der Waals surface area contributed by atoms with E-state index in [2.05, 4.69) is 41.8 Å². The number of hydrogen-bond acceptors (Lipinski definition) is 1. The minimum Gasteiger partial charge on any atom is -1.00 e. The Morgan fingerprint density at radius 1 is 1.08 bits per heavy atom. The van der Waals surface area contributed by atoms with Crippen molar-refractivity contribution in [1.29, 1.82) is 0 Å². The lowest BCUT2D eigenvalue weighted by Gasteiger charge is -2.36. The molecule has 0 aromatic rings. The molecule has 0 aliphatic carbocycles. The quantitative estimate of drug-likeness (QED) is 0.556. The summed E-state index contributed by atoms with van der Waals surface area (Å²) in [6, 6.07) is 0. The average molecular weight is 254 g/mol. The van der Waals surface area contributed by atoms with Gasteiger partial charge in [-0.2, -0.15) is 0 Å². The molecular weight excluding hydrogens is 230 g/mol. The predicted octanol–water partition coefficient (Wildman–Crippen LogP) is -2.82. The Morgan fingerprint density at radius 2 is 1.38 bits per heavy atom. The summed E-state index contributed by atoms with van der Waals surface area (Å²) in [6.45, 7) is 9.17. The molecule has 13 heavy (non-hydrogen) atoms. The topological polar surface area (TPSA) is 24.7 Å². The van der Waals surface area contributed by atoms with Crippen molar-refractivity contribution in [3.63, 3.8) is 0 Å². The number of aliphatic hydroxyl groups is 1. The van der Waals surface area contributed by atoms with E-state index in [-0.39, 0.29) is 17.0 Å². The molecule has 0 aromatic carbocycles. The molecule has 82 valence electrons. The third-order valence-corrected chi connectivity index (χ3v) is 2.64. The highest BCUT2D eigenvalue weighted by molar-refractivity contribution is 4.84. The van der Waals surface area contributed by atoms with Crippen LogP contribution in [0, 0.1) is 11.8 Å². The highest BCUT2D eigenvalue weighted by Crippen LogP contribution is 2.24. The standard InChI is InChI=1S/C10H23NO.BrH/c1-8(2)10(12,9(3)4)7-11(5)6;/h8-9,12H,7H2,1-6H3;1H. The maximum Gasteiger partial charge on any atom is 0.118 e. The number of halogens is 1. The van der Waals surface area contributed by atoms with Gasteiger partial charge in [0.05, 0.1) is 14.1 Å². The molecule has 0 atom stereocenters. The van der Waals surface area contributed by atoms with Crippen LogP contribution in [0.25, 0.3) is 0 Å². The number of hydrogen-bond donors (Lipinski definition) is 2. The second-order valence-corrected chi connectivity index (χ2v) is 4.68. The minimum atomic E-state index is -0.515. The summed E-state index contributed by atoms with van der Waals surface area (Å²) in [5.41, 5.74) is -0.515. The van der Waals surface area contributed by atoms with Gasteiger partial charge >= 0.3 is 0 Å². The van der Waals surface area contributed by atoms with Gasteiger partial charge in [0.2, 0.25) is 0 Å². The number of rotatable bonds is 4. The fourth-order valence-corrected chi connectivity index (χ4v) is 1.64. The van der Waals surface area contributed by atoms with Gasteiger partial charge in [-0.3, -0.25) is 0 Å². The lowest BCUT2D eigenvalue weighted by atomic mass is 9.80. The normalized spacial score (nSPS) is 12.5. The first-order chi connectivity index (χ1) is 5.30. The van der Waals surface area contributed by atoms with Gasteiger partial charge in [-0.05, 0) is 11.8 Å². The van der Waals surface area contributed by atoms with E-state index < -0.39 is 5.60 Å². The van der Waals surface area contributed by atoms with Crippen LogP contribution in [0.4, 0.5) is 0 Å². The molecule has 0 spiro atoms. The molecule has 0 fully saturated rings. The summed E-state index contributed by atoms with van der Waals surface area (Å²) in [7, 11) is 4.16. The van der Waals surface area contributed by atoms with Gasteiger partial charge in [-0.25, -0.2) is 0 Å². The third kappa shape index (κ3) is 4.43. The van der Waals surface area contributed by atoms with E-state index in [1.165, 1.54) is 4.90 Å². The van der Waals surface area contributed by atoms with Crippen LogP contribution in [0.3, 0.4) is 0 Å². The van der Waals surface area contributed by atoms with Crippen molar-refractivity contribution in [2.45, 2.75) is 33.3 Å². The molecule has 2 N–H and O–H groups in total. The zero-order chi connectivity index (χ0) is 9.94. The molecule has 0 unspecified atom stereocenters. The van der Waals surface area contributed by atoms with Crippen molar-refractivity contribution < 1.29 is 27.0 Å². The highest BCUT2D eigenvalue weighted by atomic mass is 79.9. The van der Waals surface area contributed by atoms with Crippen molar-refractivity contribution in [2.24, 2.45) is 11.8 Å². The number of nitrogens with one attached hydrogen (secondary N) is 1. The van der Waals surface area contributed by atoms with Crippen LogP contribution in [-0.2, 0) is 0 Å². The average Bonchev–Trinajstić information content (AvgIpc) is 1.84. The largest absolute Gasteiger partial charge is 1.00 e. The Hall–Kier alpha value is 0.400. The van der Waals surface area contributed by atoms with E-state index in [4.69, 9.17) is 0 Å². The summed E-state index contributed by atoms with van der Waals surface area (Å²) >= 11 is 0. The third-order valence-electron chi connectivity index (χ3n) is 2.64. The van der Waals surface area contributed by atoms with Crippen molar-refractivity contribution >= 4 is 0 Å². The molecule has 0 saturated carbocycles. The van der Waals surface area contributed by atoms with Crippen LogP contribution in [0.1, 0.15) is 27.7 Å². The van der Waals surface area contributed by atoms with Crippen molar-refractivity contribution in [3.05, 3.63) is 0 Å². The molecule has 0 saturated heterocycles. The molecule has 0 aromatic heterocycles. The first-order valence-corrected chi connectivity index (χ1v) is 4.82. The van der Waals surface area contributed by atoms with E-state index >= 15 is 0 Å². The zero-order valence-electron chi connectivity index (χ0n) is 9.69. The van der Waals surface area contributed by atoms with Crippen LogP contribution in [-0.4, -0.2) is 31.3 Å². The molecule has 0 amide bonds. The molecule has 2 nitrogen and oxygen atoms in total. The van der Waals surface area contributed by atoms with Gasteiger partial charge in [0.15, 0.2) is 0 Å². The second-order valence-electron chi connectivity index (χ2n) is 4.68. The maximum atomic E-state index is 10.3. The lowest BCUT2D eigenvalue weighted by Crippen LogP contribution is -3.08. The molecule has 0 aliphatic rings. The van der Waals surface area contributed by atoms with Crippen molar-refractivity contribution in [3.8, 4) is 0 Å². The van der Waals surface area contributed by atoms with E-state index in [1.807, 2.05) is 0 Å². The smallest absolute Gasteiger partial charge is 0.118 e. The fourth-order valence-electron chi connectivity index (χ4n) is 1.64. The van der Waals surface area contributed by atoms with Crippen molar-refractivity contribution in [2.75, 3.05) is 20.6 Å². The summed E-state index contributed by atoms with van der Waals surface area (Å²) in [4.78, 5) is 1.31.